The lowest BCUT2D eigenvalue weighted by Crippen LogP contribution is -2.32. The van der Waals surface area contributed by atoms with Gasteiger partial charge >= 0.3 is 6.18 Å². The molecule has 0 aliphatic heterocycles. The number of carbonyl (C=O) groups excluding carboxylic acids is 1. The second kappa shape index (κ2) is 13.1. The number of aryl methyl sites for hydroxylation is 1. The lowest BCUT2D eigenvalue weighted by molar-refractivity contribution is -0.385. The third-order valence-electron chi connectivity index (χ3n) is 6.87. The molecule has 1 heterocycles. The summed E-state index contributed by atoms with van der Waals surface area (Å²) < 4.78 is 75.9. The quantitative estimate of drug-likeness (QED) is 0.146. The highest BCUT2D eigenvalue weighted by Crippen LogP contribution is 2.36. The number of nitrogens with zero attached hydrogens (tertiary/aromatic N) is 3. The van der Waals surface area contributed by atoms with Gasteiger partial charge in [-0.15, -0.1) is 0 Å². The highest BCUT2D eigenvalue weighted by molar-refractivity contribution is 7.89. The van der Waals surface area contributed by atoms with E-state index in [9.17, 15) is 36.5 Å². The Balaban J connectivity index is 1.77. The van der Waals surface area contributed by atoms with E-state index in [0.717, 1.165) is 35.9 Å². The maximum atomic E-state index is 13.3. The Bertz CT molecular complexity index is 1840. The first-order valence-corrected chi connectivity index (χ1v) is 15.2. The predicted octanol–water partition coefficient (Wildman–Crippen LogP) is 6.22. The maximum Gasteiger partial charge on any atom is 0.416 e. The standard InChI is InChI=1S/C30H30F3N5O6S/c1-5-19(3)36-45(42,43)26-16-24(38(40)41)13-14-25(26)44-29-20(4)27(35-37(29)23-11-9-18(2)10-12-23)28(39)34-17-21-7-6-8-22(15-21)30(31,32)33/h6-16,19,36H,5,17H2,1-4H3,(H,34,39)/t19-/m0/s1. The van der Waals surface area contributed by atoms with Crippen LogP contribution in [0.1, 0.15) is 53.0 Å². The number of nitro groups is 1. The molecule has 3 aromatic carbocycles. The first-order valence-electron chi connectivity index (χ1n) is 13.7. The number of alkyl halides is 3. The van der Waals surface area contributed by atoms with E-state index in [-0.39, 0.29) is 35.0 Å². The molecule has 0 saturated heterocycles. The van der Waals surface area contributed by atoms with E-state index >= 15 is 0 Å². The van der Waals surface area contributed by atoms with Crippen LogP contribution in [0.4, 0.5) is 18.9 Å². The Labute approximate surface area is 257 Å². The molecular weight excluding hydrogens is 615 g/mol. The monoisotopic (exact) mass is 645 g/mol. The molecule has 0 aliphatic carbocycles. The van der Waals surface area contributed by atoms with E-state index in [1.165, 1.54) is 23.7 Å². The van der Waals surface area contributed by atoms with Gasteiger partial charge in [-0.05, 0) is 63.1 Å². The fraction of sp³-hybridized carbons (Fsp3) is 0.267. The van der Waals surface area contributed by atoms with E-state index in [2.05, 4.69) is 15.1 Å². The molecule has 0 radical (unpaired) electrons. The van der Waals surface area contributed by atoms with Gasteiger partial charge < -0.3 is 10.1 Å². The summed E-state index contributed by atoms with van der Waals surface area (Å²) in [6, 6.07) is 14.1. The third kappa shape index (κ3) is 7.67. The van der Waals surface area contributed by atoms with Gasteiger partial charge in [-0.25, -0.2) is 13.1 Å². The molecule has 0 saturated carbocycles. The molecule has 15 heteroatoms. The smallest absolute Gasteiger partial charge is 0.416 e. The molecule has 0 spiro atoms. The summed E-state index contributed by atoms with van der Waals surface area (Å²) in [5.74, 6) is -1.05. The number of benzene rings is 3. The minimum atomic E-state index is -4.55. The zero-order chi connectivity index (χ0) is 33.1. The topological polar surface area (TPSA) is 145 Å². The Kier molecular flexibility index (Phi) is 9.63. The van der Waals surface area contributed by atoms with Crippen molar-refractivity contribution < 1.29 is 36.0 Å². The summed E-state index contributed by atoms with van der Waals surface area (Å²) in [7, 11) is -4.31. The van der Waals surface area contributed by atoms with Crippen molar-refractivity contribution in [2.75, 3.05) is 0 Å². The average molecular weight is 646 g/mol. The van der Waals surface area contributed by atoms with E-state index in [0.29, 0.717) is 12.1 Å². The molecule has 45 heavy (non-hydrogen) atoms. The second-order valence-corrected chi connectivity index (χ2v) is 12.0. The molecule has 11 nitrogen and oxygen atoms in total. The maximum absolute atomic E-state index is 13.3. The second-order valence-electron chi connectivity index (χ2n) is 10.3. The molecule has 0 fully saturated rings. The number of nitro benzene ring substituents is 1. The Hall–Kier alpha value is -4.76. The van der Waals surface area contributed by atoms with Crippen LogP contribution < -0.4 is 14.8 Å². The summed E-state index contributed by atoms with van der Waals surface area (Å²) in [6.45, 7) is 6.53. The van der Waals surface area contributed by atoms with Crippen LogP contribution in [-0.4, -0.2) is 35.1 Å². The van der Waals surface area contributed by atoms with Crippen LogP contribution in [0.5, 0.6) is 11.6 Å². The van der Waals surface area contributed by atoms with Crippen molar-refractivity contribution in [2.45, 2.75) is 57.8 Å². The number of non-ortho nitro benzene ring substituents is 1. The lowest BCUT2D eigenvalue weighted by atomic mass is 10.1. The molecule has 0 bridgehead atoms. The van der Waals surface area contributed by atoms with Gasteiger partial charge in [-0.2, -0.15) is 23.0 Å². The molecular formula is C30H30F3N5O6S. The Morgan fingerprint density at radius 3 is 2.40 bits per heavy atom. The predicted molar refractivity (Wildman–Crippen MR) is 159 cm³/mol. The van der Waals surface area contributed by atoms with Gasteiger partial charge in [0.1, 0.15) is 10.6 Å². The van der Waals surface area contributed by atoms with Gasteiger partial charge in [0.15, 0.2) is 5.69 Å². The summed E-state index contributed by atoms with van der Waals surface area (Å²) in [4.78, 5) is 23.5. The van der Waals surface area contributed by atoms with Crippen LogP contribution in [-0.2, 0) is 22.7 Å². The lowest BCUT2D eigenvalue weighted by Gasteiger charge is -2.16. The van der Waals surface area contributed by atoms with E-state index in [4.69, 9.17) is 4.74 Å². The summed E-state index contributed by atoms with van der Waals surface area (Å²) in [5, 5.41) is 18.5. The molecule has 238 valence electrons. The summed E-state index contributed by atoms with van der Waals surface area (Å²) in [6.07, 6.45) is -4.10. The Morgan fingerprint density at radius 1 is 1.09 bits per heavy atom. The van der Waals surface area contributed by atoms with Gasteiger partial charge in [-0.3, -0.25) is 14.9 Å². The number of nitrogens with one attached hydrogen (secondary N) is 2. The normalized spacial score (nSPS) is 12.5. The largest absolute Gasteiger partial charge is 0.437 e. The number of aromatic nitrogens is 2. The molecule has 0 unspecified atom stereocenters. The molecule has 0 aliphatic rings. The minimum absolute atomic E-state index is 0.0584. The molecule has 1 aromatic heterocycles. The summed E-state index contributed by atoms with van der Waals surface area (Å²) >= 11 is 0. The van der Waals surface area contributed by atoms with Crippen LogP contribution in [0.25, 0.3) is 5.69 Å². The van der Waals surface area contributed by atoms with E-state index in [1.807, 2.05) is 6.92 Å². The van der Waals surface area contributed by atoms with Gasteiger partial charge in [0.2, 0.25) is 15.9 Å². The molecule has 1 atom stereocenters. The first-order chi connectivity index (χ1) is 21.1. The van der Waals surface area contributed by atoms with Crippen molar-refractivity contribution >= 4 is 21.6 Å². The molecule has 1 amide bonds. The number of amides is 1. The van der Waals surface area contributed by atoms with Gasteiger partial charge in [0.05, 0.1) is 16.2 Å². The van der Waals surface area contributed by atoms with Crippen LogP contribution in [0.2, 0.25) is 0 Å². The minimum Gasteiger partial charge on any atom is -0.437 e. The van der Waals surface area contributed by atoms with Crippen LogP contribution in [0.3, 0.4) is 0 Å². The number of carbonyl (C=O) groups is 1. The number of halogens is 3. The van der Waals surface area contributed by atoms with Crippen molar-refractivity contribution in [2.24, 2.45) is 0 Å². The van der Waals surface area contributed by atoms with Gasteiger partial charge in [0.25, 0.3) is 11.6 Å². The van der Waals surface area contributed by atoms with Crippen molar-refractivity contribution in [1.29, 1.82) is 0 Å². The average Bonchev–Trinajstić information content (AvgIpc) is 3.31. The number of hydrogen-bond donors (Lipinski definition) is 2. The number of rotatable bonds is 11. The zero-order valence-electron chi connectivity index (χ0n) is 24.7. The van der Waals surface area contributed by atoms with Crippen molar-refractivity contribution in [1.82, 2.24) is 19.8 Å². The SMILES string of the molecule is CC[C@H](C)NS(=O)(=O)c1cc([N+](=O)[O-])ccc1Oc1c(C)c(C(=O)NCc2cccc(C(F)(F)F)c2)nn1-c1ccc(C)cc1. The molecule has 4 rings (SSSR count). The van der Waals surface area contributed by atoms with Crippen LogP contribution >= 0.6 is 0 Å². The Morgan fingerprint density at radius 2 is 1.78 bits per heavy atom. The van der Waals surface area contributed by atoms with Crippen molar-refractivity contribution in [3.63, 3.8) is 0 Å². The van der Waals surface area contributed by atoms with Gasteiger partial charge in [-0.1, -0.05) is 36.8 Å². The van der Waals surface area contributed by atoms with Crippen molar-refractivity contribution in [3.8, 4) is 17.3 Å². The van der Waals surface area contributed by atoms with Crippen molar-refractivity contribution in [3.05, 3.63) is 105 Å². The van der Waals surface area contributed by atoms with E-state index in [1.54, 1.807) is 38.1 Å². The molecule has 4 aromatic rings. The van der Waals surface area contributed by atoms with Crippen LogP contribution in [0.15, 0.2) is 71.6 Å². The number of hydrogen-bond acceptors (Lipinski definition) is 7. The molecule has 2 N–H and O–H groups in total. The number of sulfonamides is 1. The van der Waals surface area contributed by atoms with E-state index < -0.39 is 49.2 Å². The fourth-order valence-electron chi connectivity index (χ4n) is 4.22. The fourth-order valence-corrected chi connectivity index (χ4v) is 5.69. The number of ether oxygens (including phenoxy) is 1. The van der Waals surface area contributed by atoms with Gasteiger partial charge in [0, 0.05) is 30.3 Å². The first kappa shape index (κ1) is 33.1. The highest BCUT2D eigenvalue weighted by Gasteiger charge is 2.31. The zero-order valence-corrected chi connectivity index (χ0v) is 25.5. The van der Waals surface area contributed by atoms with Crippen LogP contribution in [0, 0.1) is 24.0 Å². The highest BCUT2D eigenvalue weighted by atomic mass is 32.2. The summed E-state index contributed by atoms with van der Waals surface area (Å²) in [5.41, 5.74) is 0.269. The third-order valence-corrected chi connectivity index (χ3v) is 8.48.